The fourth-order valence-electron chi connectivity index (χ4n) is 1.35. The highest BCUT2D eigenvalue weighted by atomic mass is 35.5. The van der Waals surface area contributed by atoms with Gasteiger partial charge in [0, 0.05) is 6.54 Å². The predicted octanol–water partition coefficient (Wildman–Crippen LogP) is 2.54. The van der Waals surface area contributed by atoms with Crippen molar-refractivity contribution in [1.29, 1.82) is 0 Å². The number of hydrogen-bond acceptors (Lipinski definition) is 2. The molecule has 0 aromatic heterocycles. The lowest BCUT2D eigenvalue weighted by atomic mass is 10.2. The van der Waals surface area contributed by atoms with Gasteiger partial charge in [-0.3, -0.25) is 0 Å². The average Bonchev–Trinajstić information content (AvgIpc) is 2.15. The van der Waals surface area contributed by atoms with Crippen LogP contribution in [0.4, 0.5) is 0 Å². The van der Waals surface area contributed by atoms with E-state index in [9.17, 15) is 0 Å². The Labute approximate surface area is 96.8 Å². The van der Waals surface area contributed by atoms with Crippen molar-refractivity contribution >= 4 is 11.6 Å². The van der Waals surface area contributed by atoms with Gasteiger partial charge in [-0.2, -0.15) is 0 Å². The van der Waals surface area contributed by atoms with Crippen LogP contribution < -0.4 is 4.74 Å². The second-order valence-electron chi connectivity index (χ2n) is 3.94. The molecule has 0 aliphatic rings. The molecule has 0 aliphatic carbocycles. The molecule has 15 heavy (non-hydrogen) atoms. The minimum atomic E-state index is 0.0274. The quantitative estimate of drug-likeness (QED) is 0.717. The molecule has 0 aliphatic heterocycles. The van der Waals surface area contributed by atoms with Gasteiger partial charge in [-0.05, 0) is 32.6 Å². The topological polar surface area (TPSA) is 12.5 Å². The minimum absolute atomic E-state index is 0.0274. The van der Waals surface area contributed by atoms with E-state index in [0.29, 0.717) is 6.61 Å². The van der Waals surface area contributed by atoms with Crippen LogP contribution in [0.1, 0.15) is 5.56 Å². The summed E-state index contributed by atoms with van der Waals surface area (Å²) in [6.07, 6.45) is 0. The zero-order chi connectivity index (χ0) is 11.3. The number of benzene rings is 1. The molecule has 0 spiro atoms. The monoisotopic (exact) mass is 227 g/mol. The second-order valence-corrected chi connectivity index (χ2v) is 4.55. The van der Waals surface area contributed by atoms with Crippen LogP contribution in [0.5, 0.6) is 5.75 Å². The molecule has 0 bridgehead atoms. The standard InChI is InChI=1S/C12H18ClNO/c1-10-6-4-5-7-12(10)15-9-11(13)8-14(2)3/h4-7,11H,8-9H2,1-3H3/t11-/m1/s1. The Kier molecular flexibility index (Phi) is 4.92. The van der Waals surface area contributed by atoms with Gasteiger partial charge in [0.25, 0.3) is 0 Å². The van der Waals surface area contributed by atoms with Crippen molar-refractivity contribution in [2.75, 3.05) is 27.2 Å². The fraction of sp³-hybridized carbons (Fsp3) is 0.500. The summed E-state index contributed by atoms with van der Waals surface area (Å²) in [6, 6.07) is 7.97. The lowest BCUT2D eigenvalue weighted by Crippen LogP contribution is -2.26. The lowest BCUT2D eigenvalue weighted by molar-refractivity contribution is 0.284. The van der Waals surface area contributed by atoms with E-state index in [4.69, 9.17) is 16.3 Å². The van der Waals surface area contributed by atoms with E-state index in [-0.39, 0.29) is 5.38 Å². The summed E-state index contributed by atoms with van der Waals surface area (Å²) in [6.45, 7) is 3.41. The molecule has 0 fully saturated rings. The molecule has 2 nitrogen and oxygen atoms in total. The maximum atomic E-state index is 6.11. The fourth-order valence-corrected chi connectivity index (χ4v) is 1.69. The van der Waals surface area contributed by atoms with Crippen molar-refractivity contribution in [3.63, 3.8) is 0 Å². The summed E-state index contributed by atoms with van der Waals surface area (Å²) >= 11 is 6.11. The molecule has 0 N–H and O–H groups in total. The van der Waals surface area contributed by atoms with Gasteiger partial charge in [-0.25, -0.2) is 0 Å². The van der Waals surface area contributed by atoms with Crippen molar-refractivity contribution in [2.24, 2.45) is 0 Å². The number of alkyl halides is 1. The van der Waals surface area contributed by atoms with E-state index in [1.807, 2.05) is 45.3 Å². The van der Waals surface area contributed by atoms with Crippen molar-refractivity contribution in [3.05, 3.63) is 29.8 Å². The van der Waals surface area contributed by atoms with Gasteiger partial charge in [0.05, 0.1) is 5.38 Å². The van der Waals surface area contributed by atoms with Gasteiger partial charge < -0.3 is 9.64 Å². The molecular weight excluding hydrogens is 210 g/mol. The highest BCUT2D eigenvalue weighted by Gasteiger charge is 2.07. The van der Waals surface area contributed by atoms with Crippen molar-refractivity contribution in [1.82, 2.24) is 4.90 Å². The molecular formula is C12H18ClNO. The van der Waals surface area contributed by atoms with Crippen LogP contribution >= 0.6 is 11.6 Å². The third-order valence-electron chi connectivity index (χ3n) is 2.08. The van der Waals surface area contributed by atoms with Crippen molar-refractivity contribution < 1.29 is 4.74 Å². The Morgan fingerprint density at radius 2 is 2.00 bits per heavy atom. The van der Waals surface area contributed by atoms with Crippen LogP contribution in [0.2, 0.25) is 0 Å². The van der Waals surface area contributed by atoms with Crippen LogP contribution in [0, 0.1) is 6.92 Å². The summed E-state index contributed by atoms with van der Waals surface area (Å²) in [4.78, 5) is 2.05. The highest BCUT2D eigenvalue weighted by Crippen LogP contribution is 2.16. The Hall–Kier alpha value is -0.730. The number of halogens is 1. The number of para-hydroxylation sites is 1. The van der Waals surface area contributed by atoms with Crippen LogP contribution in [0.3, 0.4) is 0 Å². The molecule has 3 heteroatoms. The zero-order valence-corrected chi connectivity index (χ0v) is 10.3. The first-order chi connectivity index (χ1) is 7.09. The van der Waals surface area contributed by atoms with E-state index in [1.165, 1.54) is 0 Å². The van der Waals surface area contributed by atoms with Gasteiger partial charge in [-0.15, -0.1) is 11.6 Å². The van der Waals surface area contributed by atoms with Crippen LogP contribution in [-0.4, -0.2) is 37.5 Å². The summed E-state index contributed by atoms with van der Waals surface area (Å²) in [5.41, 5.74) is 1.14. The van der Waals surface area contributed by atoms with Gasteiger partial charge in [0.15, 0.2) is 0 Å². The highest BCUT2D eigenvalue weighted by molar-refractivity contribution is 6.20. The largest absolute Gasteiger partial charge is 0.492 e. The molecule has 84 valence electrons. The maximum absolute atomic E-state index is 6.11. The smallest absolute Gasteiger partial charge is 0.122 e. The van der Waals surface area contributed by atoms with Gasteiger partial charge in [0.2, 0.25) is 0 Å². The average molecular weight is 228 g/mol. The Bertz CT molecular complexity index is 301. The third kappa shape index (κ3) is 4.54. The van der Waals surface area contributed by atoms with E-state index in [0.717, 1.165) is 17.9 Å². The first kappa shape index (κ1) is 12.3. The SMILES string of the molecule is Cc1ccccc1OC[C@H](Cl)CN(C)C. The zero-order valence-electron chi connectivity index (χ0n) is 9.53. The number of aryl methyl sites for hydroxylation is 1. The van der Waals surface area contributed by atoms with Gasteiger partial charge >= 0.3 is 0 Å². The minimum Gasteiger partial charge on any atom is -0.492 e. The molecule has 0 radical (unpaired) electrons. The van der Waals surface area contributed by atoms with Crippen LogP contribution in [0.25, 0.3) is 0 Å². The second kappa shape index (κ2) is 5.99. The molecule has 1 aromatic carbocycles. The van der Waals surface area contributed by atoms with E-state index >= 15 is 0 Å². The first-order valence-corrected chi connectivity index (χ1v) is 5.50. The predicted molar refractivity (Wildman–Crippen MR) is 64.9 cm³/mol. The number of hydrogen-bond donors (Lipinski definition) is 0. The molecule has 0 unspecified atom stereocenters. The molecule has 1 atom stereocenters. The van der Waals surface area contributed by atoms with Gasteiger partial charge in [-0.1, -0.05) is 18.2 Å². The molecule has 0 saturated heterocycles. The van der Waals surface area contributed by atoms with Crippen LogP contribution in [0.15, 0.2) is 24.3 Å². The Morgan fingerprint density at radius 1 is 1.33 bits per heavy atom. The molecule has 0 amide bonds. The summed E-state index contributed by atoms with van der Waals surface area (Å²) < 4.78 is 5.64. The summed E-state index contributed by atoms with van der Waals surface area (Å²) in [5, 5.41) is 0.0274. The number of ether oxygens (including phenoxy) is 1. The number of rotatable bonds is 5. The van der Waals surface area contributed by atoms with E-state index < -0.39 is 0 Å². The Morgan fingerprint density at radius 3 is 2.60 bits per heavy atom. The molecule has 1 aromatic rings. The maximum Gasteiger partial charge on any atom is 0.122 e. The molecule has 0 saturated carbocycles. The normalized spacial score (nSPS) is 12.9. The Balaban J connectivity index is 2.40. The van der Waals surface area contributed by atoms with Crippen molar-refractivity contribution in [2.45, 2.75) is 12.3 Å². The van der Waals surface area contributed by atoms with Gasteiger partial charge in [0.1, 0.15) is 12.4 Å². The summed E-state index contributed by atoms with van der Waals surface area (Å²) in [7, 11) is 4.01. The lowest BCUT2D eigenvalue weighted by Gasteiger charge is -2.16. The van der Waals surface area contributed by atoms with Crippen LogP contribution in [-0.2, 0) is 0 Å². The van der Waals surface area contributed by atoms with E-state index in [1.54, 1.807) is 0 Å². The molecule has 0 heterocycles. The third-order valence-corrected chi connectivity index (χ3v) is 2.34. The van der Waals surface area contributed by atoms with Crippen molar-refractivity contribution in [3.8, 4) is 5.75 Å². The first-order valence-electron chi connectivity index (χ1n) is 5.07. The molecule has 1 rings (SSSR count). The summed E-state index contributed by atoms with van der Waals surface area (Å²) in [5.74, 6) is 0.918. The number of nitrogens with zero attached hydrogens (tertiary/aromatic N) is 1. The van der Waals surface area contributed by atoms with E-state index in [2.05, 4.69) is 4.90 Å².